The number of anilines is 1. The summed E-state index contributed by atoms with van der Waals surface area (Å²) in [5, 5.41) is 0.476. The lowest BCUT2D eigenvalue weighted by atomic mass is 10.3. The van der Waals surface area contributed by atoms with Crippen molar-refractivity contribution < 1.29 is 8.42 Å². The van der Waals surface area contributed by atoms with Crippen LogP contribution in [-0.4, -0.2) is 15.0 Å². The quantitative estimate of drug-likeness (QED) is 0.799. The van der Waals surface area contributed by atoms with E-state index in [0.29, 0.717) is 17.3 Å². The molecule has 0 N–H and O–H groups in total. The zero-order valence-corrected chi connectivity index (χ0v) is 13.9. The number of hydrogen-bond acceptors (Lipinski definition) is 2. The summed E-state index contributed by atoms with van der Waals surface area (Å²) < 4.78 is 27.3. The molecular weight excluding hydrogens is 362 g/mol. The number of rotatable bonds is 4. The van der Waals surface area contributed by atoms with Gasteiger partial charge in [0.25, 0.3) is 10.0 Å². The van der Waals surface area contributed by atoms with Crippen molar-refractivity contribution >= 4 is 43.2 Å². The highest BCUT2D eigenvalue weighted by molar-refractivity contribution is 9.10. The number of halogens is 2. The zero-order chi connectivity index (χ0) is 14.8. The molecule has 0 fully saturated rings. The molecule has 0 spiro atoms. The number of benzene rings is 2. The van der Waals surface area contributed by atoms with Gasteiger partial charge in [0.05, 0.1) is 15.6 Å². The van der Waals surface area contributed by atoms with Gasteiger partial charge in [0.1, 0.15) is 0 Å². The van der Waals surface area contributed by atoms with Crippen LogP contribution in [-0.2, 0) is 10.0 Å². The van der Waals surface area contributed by atoms with E-state index in [-0.39, 0.29) is 4.90 Å². The Hall–Kier alpha value is -1.04. The topological polar surface area (TPSA) is 37.4 Å². The molecule has 0 saturated carbocycles. The lowest BCUT2D eigenvalue weighted by Gasteiger charge is -2.23. The van der Waals surface area contributed by atoms with Crippen molar-refractivity contribution in [1.29, 1.82) is 0 Å². The molecule has 0 amide bonds. The Morgan fingerprint density at radius 2 is 1.80 bits per heavy atom. The molecule has 0 heterocycles. The Morgan fingerprint density at radius 3 is 2.35 bits per heavy atom. The summed E-state index contributed by atoms with van der Waals surface area (Å²) in [5.74, 6) is 0. The summed E-state index contributed by atoms with van der Waals surface area (Å²) >= 11 is 9.34. The van der Waals surface area contributed by atoms with Gasteiger partial charge in [-0.25, -0.2) is 8.42 Å². The maximum atomic E-state index is 12.6. The molecule has 2 aromatic rings. The van der Waals surface area contributed by atoms with Gasteiger partial charge in [-0.3, -0.25) is 4.31 Å². The second-order valence-electron chi connectivity index (χ2n) is 4.08. The SMILES string of the molecule is CCN(c1ccc(Br)c(Cl)c1)S(=O)(=O)c1ccccc1. The van der Waals surface area contributed by atoms with E-state index >= 15 is 0 Å². The molecule has 0 saturated heterocycles. The van der Waals surface area contributed by atoms with Crippen LogP contribution in [0.5, 0.6) is 0 Å². The predicted molar refractivity (Wildman–Crippen MR) is 85.8 cm³/mol. The van der Waals surface area contributed by atoms with Crippen LogP contribution in [0.4, 0.5) is 5.69 Å². The Balaban J connectivity index is 2.49. The second kappa shape index (κ2) is 6.16. The van der Waals surface area contributed by atoms with Gasteiger partial charge >= 0.3 is 0 Å². The van der Waals surface area contributed by atoms with Gasteiger partial charge in [-0.2, -0.15) is 0 Å². The maximum absolute atomic E-state index is 12.6. The fourth-order valence-electron chi connectivity index (χ4n) is 1.85. The number of sulfonamides is 1. The van der Waals surface area contributed by atoms with Gasteiger partial charge in [-0.15, -0.1) is 0 Å². The van der Waals surface area contributed by atoms with Gasteiger partial charge in [0.2, 0.25) is 0 Å². The average molecular weight is 375 g/mol. The van der Waals surface area contributed by atoms with Crippen molar-refractivity contribution in [3.05, 3.63) is 58.0 Å². The minimum atomic E-state index is -3.57. The molecule has 0 aliphatic carbocycles. The smallest absolute Gasteiger partial charge is 0.264 e. The van der Waals surface area contributed by atoms with E-state index in [1.807, 2.05) is 0 Å². The van der Waals surface area contributed by atoms with Crippen LogP contribution in [0.25, 0.3) is 0 Å². The average Bonchev–Trinajstić information content (AvgIpc) is 2.44. The molecule has 20 heavy (non-hydrogen) atoms. The van der Waals surface area contributed by atoms with Crippen molar-refractivity contribution in [2.45, 2.75) is 11.8 Å². The lowest BCUT2D eigenvalue weighted by Crippen LogP contribution is -2.30. The van der Waals surface area contributed by atoms with Crippen molar-refractivity contribution in [2.24, 2.45) is 0 Å². The monoisotopic (exact) mass is 373 g/mol. The summed E-state index contributed by atoms with van der Waals surface area (Å²) in [7, 11) is -3.57. The number of hydrogen-bond donors (Lipinski definition) is 0. The third-order valence-electron chi connectivity index (χ3n) is 2.81. The molecule has 0 aliphatic heterocycles. The first-order valence-electron chi connectivity index (χ1n) is 5.99. The van der Waals surface area contributed by atoms with Crippen molar-refractivity contribution in [2.75, 3.05) is 10.8 Å². The van der Waals surface area contributed by atoms with Crippen LogP contribution in [0.2, 0.25) is 5.02 Å². The molecule has 6 heteroatoms. The summed E-state index contributed by atoms with van der Waals surface area (Å²) in [6, 6.07) is 13.4. The molecule has 2 aromatic carbocycles. The molecule has 0 aromatic heterocycles. The van der Waals surface area contributed by atoms with E-state index < -0.39 is 10.0 Å². The Kier molecular flexibility index (Phi) is 4.73. The molecule has 3 nitrogen and oxygen atoms in total. The van der Waals surface area contributed by atoms with Crippen molar-refractivity contribution in [3.8, 4) is 0 Å². The first kappa shape index (κ1) is 15.4. The minimum Gasteiger partial charge on any atom is -0.267 e. The van der Waals surface area contributed by atoms with Gasteiger partial charge in [0.15, 0.2) is 0 Å². The summed E-state index contributed by atoms with van der Waals surface area (Å²) in [6.07, 6.45) is 0. The van der Waals surface area contributed by atoms with E-state index in [1.165, 1.54) is 4.31 Å². The highest BCUT2D eigenvalue weighted by atomic mass is 79.9. The van der Waals surface area contributed by atoms with E-state index in [0.717, 1.165) is 4.47 Å². The molecule has 106 valence electrons. The fraction of sp³-hybridized carbons (Fsp3) is 0.143. The van der Waals surface area contributed by atoms with Gasteiger partial charge < -0.3 is 0 Å². The van der Waals surface area contributed by atoms with Crippen LogP contribution < -0.4 is 4.31 Å². The first-order valence-corrected chi connectivity index (χ1v) is 8.60. The zero-order valence-electron chi connectivity index (χ0n) is 10.8. The van der Waals surface area contributed by atoms with E-state index in [9.17, 15) is 8.42 Å². The summed E-state index contributed by atoms with van der Waals surface area (Å²) in [5.41, 5.74) is 0.546. The third kappa shape index (κ3) is 3.00. The predicted octanol–water partition coefficient (Wildman–Crippen LogP) is 4.32. The highest BCUT2D eigenvalue weighted by Crippen LogP contribution is 2.30. The molecular formula is C14H13BrClNO2S. The Labute approximate surface area is 132 Å². The molecule has 2 rings (SSSR count). The minimum absolute atomic E-state index is 0.265. The van der Waals surface area contributed by atoms with Gasteiger partial charge in [0, 0.05) is 11.0 Å². The Morgan fingerprint density at radius 1 is 1.15 bits per heavy atom. The van der Waals surface area contributed by atoms with Crippen molar-refractivity contribution in [1.82, 2.24) is 0 Å². The van der Waals surface area contributed by atoms with Gasteiger partial charge in [-0.1, -0.05) is 29.8 Å². The van der Waals surface area contributed by atoms with Crippen LogP contribution in [0.15, 0.2) is 57.9 Å². The fourth-order valence-corrected chi connectivity index (χ4v) is 3.76. The summed E-state index contributed by atoms with van der Waals surface area (Å²) in [4.78, 5) is 0.265. The second-order valence-corrected chi connectivity index (χ2v) is 7.21. The standard InChI is InChI=1S/C14H13BrClNO2S/c1-2-17(11-8-9-13(15)14(16)10-11)20(18,19)12-6-4-3-5-7-12/h3-10H,2H2,1H3. The molecule has 0 aliphatic rings. The van der Waals surface area contributed by atoms with Crippen LogP contribution in [0, 0.1) is 0 Å². The van der Waals surface area contributed by atoms with Gasteiger partial charge in [-0.05, 0) is 53.2 Å². The molecule has 0 unspecified atom stereocenters. The van der Waals surface area contributed by atoms with Crippen LogP contribution >= 0.6 is 27.5 Å². The maximum Gasteiger partial charge on any atom is 0.264 e. The molecule has 0 atom stereocenters. The highest BCUT2D eigenvalue weighted by Gasteiger charge is 2.23. The lowest BCUT2D eigenvalue weighted by molar-refractivity contribution is 0.592. The molecule has 0 radical (unpaired) electrons. The van der Waals surface area contributed by atoms with Crippen LogP contribution in [0.1, 0.15) is 6.92 Å². The van der Waals surface area contributed by atoms with E-state index in [1.54, 1.807) is 55.5 Å². The van der Waals surface area contributed by atoms with Crippen molar-refractivity contribution in [3.63, 3.8) is 0 Å². The summed E-state index contributed by atoms with van der Waals surface area (Å²) in [6.45, 7) is 2.12. The first-order chi connectivity index (χ1) is 9.46. The third-order valence-corrected chi connectivity index (χ3v) is 5.96. The van der Waals surface area contributed by atoms with E-state index in [2.05, 4.69) is 15.9 Å². The largest absolute Gasteiger partial charge is 0.267 e. The molecule has 0 bridgehead atoms. The normalized spacial score (nSPS) is 11.3. The van der Waals surface area contributed by atoms with E-state index in [4.69, 9.17) is 11.6 Å². The number of nitrogens with zero attached hydrogens (tertiary/aromatic N) is 1. The van der Waals surface area contributed by atoms with Crippen LogP contribution in [0.3, 0.4) is 0 Å². The Bertz CT molecular complexity index is 704.